The van der Waals surface area contributed by atoms with Crippen molar-refractivity contribution in [2.75, 3.05) is 0 Å². The number of carbonyl (C=O) groups is 5. The second-order valence-corrected chi connectivity index (χ2v) is 5.96. The number of urea groups is 1. The Morgan fingerprint density at radius 3 is 1.83 bits per heavy atom. The van der Waals surface area contributed by atoms with Gasteiger partial charge in [-0.1, -0.05) is 45.4 Å². The van der Waals surface area contributed by atoms with Gasteiger partial charge >= 0.3 is 6.03 Å². The van der Waals surface area contributed by atoms with Crippen LogP contribution in [0.25, 0.3) is 0 Å². The lowest BCUT2D eigenvalue weighted by Gasteiger charge is -2.37. The molecule has 134 valence electrons. The van der Waals surface area contributed by atoms with E-state index in [1.54, 1.807) is 0 Å². The molecular weight excluding hydrogens is 316 g/mol. The van der Waals surface area contributed by atoms with Crippen molar-refractivity contribution in [2.24, 2.45) is 22.8 Å². The van der Waals surface area contributed by atoms with E-state index in [2.05, 4.69) is 6.92 Å². The number of hydrogen-bond acceptors (Lipinski definition) is 5. The minimum absolute atomic E-state index is 0.0966. The molecule has 1 heterocycles. The van der Waals surface area contributed by atoms with E-state index in [1.807, 2.05) is 10.6 Å². The van der Waals surface area contributed by atoms with Gasteiger partial charge in [-0.3, -0.25) is 29.8 Å². The molecule has 6 amide bonds. The zero-order valence-electron chi connectivity index (χ0n) is 13.7. The maximum absolute atomic E-state index is 12.3. The predicted molar refractivity (Wildman–Crippen MR) is 84.0 cm³/mol. The summed E-state index contributed by atoms with van der Waals surface area (Å²) in [4.78, 5) is 59.3. The molecule has 1 aliphatic heterocycles. The summed E-state index contributed by atoms with van der Waals surface area (Å²) >= 11 is 0. The number of carbonyl (C=O) groups excluding carboxylic acids is 5. The molecule has 1 rings (SSSR count). The van der Waals surface area contributed by atoms with Crippen molar-refractivity contribution in [3.05, 3.63) is 0 Å². The van der Waals surface area contributed by atoms with Crippen molar-refractivity contribution in [1.82, 2.24) is 10.6 Å². The zero-order chi connectivity index (χ0) is 18.3. The van der Waals surface area contributed by atoms with Crippen LogP contribution in [0.4, 0.5) is 4.79 Å². The van der Waals surface area contributed by atoms with Crippen LogP contribution in [0.1, 0.15) is 51.9 Å². The molecule has 1 aliphatic rings. The topological polar surface area (TPSA) is 161 Å². The zero-order valence-corrected chi connectivity index (χ0v) is 13.7. The van der Waals surface area contributed by atoms with Crippen LogP contribution in [-0.2, 0) is 19.2 Å². The molecule has 0 aromatic carbocycles. The van der Waals surface area contributed by atoms with E-state index >= 15 is 0 Å². The van der Waals surface area contributed by atoms with E-state index in [9.17, 15) is 24.0 Å². The smallest absolute Gasteiger partial charge is 0.328 e. The van der Waals surface area contributed by atoms with E-state index in [-0.39, 0.29) is 6.42 Å². The Hall–Kier alpha value is -2.45. The number of nitrogens with one attached hydrogen (secondary N) is 2. The molecule has 1 saturated heterocycles. The lowest BCUT2D eigenvalue weighted by atomic mass is 9.68. The highest BCUT2D eigenvalue weighted by Gasteiger charge is 2.59. The van der Waals surface area contributed by atoms with Crippen molar-refractivity contribution in [2.45, 2.75) is 51.9 Å². The Morgan fingerprint density at radius 1 is 0.917 bits per heavy atom. The first-order chi connectivity index (χ1) is 11.3. The summed E-state index contributed by atoms with van der Waals surface area (Å²) in [5.74, 6) is -6.21. The number of barbiturate groups is 1. The first kappa shape index (κ1) is 19.6. The minimum atomic E-state index is -2.09. The quantitative estimate of drug-likeness (QED) is 0.316. The molecule has 24 heavy (non-hydrogen) atoms. The first-order valence-electron chi connectivity index (χ1n) is 8.02. The summed E-state index contributed by atoms with van der Waals surface area (Å²) in [5, 5.41) is 3.85. The molecule has 6 N–H and O–H groups in total. The summed E-state index contributed by atoms with van der Waals surface area (Å²) in [6, 6.07) is -1.00. The summed E-state index contributed by atoms with van der Waals surface area (Å²) in [6.07, 6.45) is 5.07. The molecule has 1 fully saturated rings. The SMILES string of the molecule is CCCCCCCCC1(C(C(N)=O)C(N)=O)C(=O)NC(=O)NC1=O. The maximum Gasteiger partial charge on any atom is 0.328 e. The number of amides is 6. The number of imide groups is 2. The Labute approximate surface area is 139 Å². The van der Waals surface area contributed by atoms with Crippen LogP contribution in [0.3, 0.4) is 0 Å². The van der Waals surface area contributed by atoms with Gasteiger partial charge in [0.05, 0.1) is 0 Å². The number of unbranched alkanes of at least 4 members (excludes halogenated alkanes) is 5. The lowest BCUT2D eigenvalue weighted by molar-refractivity contribution is -0.158. The maximum atomic E-state index is 12.3. The molecule has 0 unspecified atom stereocenters. The summed E-state index contributed by atoms with van der Waals surface area (Å²) in [7, 11) is 0. The van der Waals surface area contributed by atoms with Crippen molar-refractivity contribution >= 4 is 29.7 Å². The Balaban J connectivity index is 3.01. The van der Waals surface area contributed by atoms with Gasteiger partial charge < -0.3 is 11.5 Å². The summed E-state index contributed by atoms with van der Waals surface area (Å²) < 4.78 is 0. The third kappa shape index (κ3) is 4.09. The van der Waals surface area contributed by atoms with Crippen LogP contribution in [0.2, 0.25) is 0 Å². The minimum Gasteiger partial charge on any atom is -0.369 e. The van der Waals surface area contributed by atoms with Gasteiger partial charge in [-0.2, -0.15) is 0 Å². The number of primary amides is 2. The second kappa shape index (κ2) is 8.42. The van der Waals surface area contributed by atoms with Crippen LogP contribution in [0.15, 0.2) is 0 Å². The van der Waals surface area contributed by atoms with E-state index < -0.39 is 41.0 Å². The van der Waals surface area contributed by atoms with Crippen LogP contribution in [0, 0.1) is 11.3 Å². The Bertz CT molecular complexity index is 512. The van der Waals surface area contributed by atoms with Crippen molar-refractivity contribution in [1.29, 1.82) is 0 Å². The molecule has 0 spiro atoms. The van der Waals surface area contributed by atoms with Gasteiger partial charge in [0, 0.05) is 0 Å². The standard InChI is InChI=1S/C15H24N4O5/c1-2-3-4-5-6-7-8-15(9(10(16)20)11(17)21)12(22)18-14(24)19-13(15)23/h9H,2-8H2,1H3,(H2,16,20)(H2,17,21)(H2,18,19,22,23,24). The second-order valence-electron chi connectivity index (χ2n) is 5.96. The fourth-order valence-electron chi connectivity index (χ4n) is 3.01. The predicted octanol–water partition coefficient (Wildman–Crippen LogP) is -0.324. The summed E-state index contributed by atoms with van der Waals surface area (Å²) in [5.41, 5.74) is 8.31. The molecule has 0 aromatic heterocycles. The molecule has 9 heteroatoms. The fraction of sp³-hybridized carbons (Fsp3) is 0.667. The Kier molecular flexibility index (Phi) is 6.87. The van der Waals surface area contributed by atoms with Gasteiger partial charge in [-0.25, -0.2) is 4.79 Å². The van der Waals surface area contributed by atoms with Crippen LogP contribution < -0.4 is 22.1 Å². The largest absolute Gasteiger partial charge is 0.369 e. The fourth-order valence-corrected chi connectivity index (χ4v) is 3.01. The van der Waals surface area contributed by atoms with Crippen molar-refractivity contribution in [3.8, 4) is 0 Å². The number of rotatable bonds is 10. The number of nitrogens with two attached hydrogens (primary N) is 2. The molecular formula is C15H24N4O5. The highest BCUT2D eigenvalue weighted by Crippen LogP contribution is 2.36. The first-order valence-corrected chi connectivity index (χ1v) is 8.02. The molecule has 0 bridgehead atoms. The molecule has 0 atom stereocenters. The van der Waals surface area contributed by atoms with Gasteiger partial charge in [0.15, 0.2) is 0 Å². The van der Waals surface area contributed by atoms with Crippen LogP contribution >= 0.6 is 0 Å². The molecule has 9 nitrogen and oxygen atoms in total. The monoisotopic (exact) mass is 340 g/mol. The highest BCUT2D eigenvalue weighted by atomic mass is 16.2. The molecule has 0 saturated carbocycles. The Morgan fingerprint density at radius 2 is 1.38 bits per heavy atom. The van der Waals surface area contributed by atoms with Crippen LogP contribution in [-0.4, -0.2) is 29.7 Å². The van der Waals surface area contributed by atoms with Crippen molar-refractivity contribution < 1.29 is 24.0 Å². The van der Waals surface area contributed by atoms with Gasteiger partial charge in [-0.05, 0) is 6.42 Å². The summed E-state index contributed by atoms with van der Waals surface area (Å²) in [6.45, 7) is 2.08. The van der Waals surface area contributed by atoms with Gasteiger partial charge in [0.25, 0.3) is 0 Å². The normalized spacial score (nSPS) is 16.7. The lowest BCUT2D eigenvalue weighted by Crippen LogP contribution is -2.68. The van der Waals surface area contributed by atoms with E-state index in [1.165, 1.54) is 0 Å². The molecule has 0 aliphatic carbocycles. The van der Waals surface area contributed by atoms with E-state index in [0.29, 0.717) is 12.8 Å². The average molecular weight is 340 g/mol. The van der Waals surface area contributed by atoms with E-state index in [4.69, 9.17) is 11.5 Å². The average Bonchev–Trinajstić information content (AvgIpc) is 2.46. The number of hydrogen-bond donors (Lipinski definition) is 4. The van der Waals surface area contributed by atoms with Gasteiger partial charge in [0.1, 0.15) is 11.3 Å². The third-order valence-corrected chi connectivity index (χ3v) is 4.25. The third-order valence-electron chi connectivity index (χ3n) is 4.25. The van der Waals surface area contributed by atoms with E-state index in [0.717, 1.165) is 25.7 Å². The van der Waals surface area contributed by atoms with Crippen LogP contribution in [0.5, 0.6) is 0 Å². The van der Waals surface area contributed by atoms with Gasteiger partial charge in [-0.15, -0.1) is 0 Å². The van der Waals surface area contributed by atoms with Crippen molar-refractivity contribution in [3.63, 3.8) is 0 Å². The molecule has 0 radical (unpaired) electrons. The highest BCUT2D eigenvalue weighted by molar-refractivity contribution is 6.23. The molecule has 0 aromatic rings. The van der Waals surface area contributed by atoms with Gasteiger partial charge in [0.2, 0.25) is 23.6 Å².